The minimum absolute atomic E-state index is 0.678. The summed E-state index contributed by atoms with van der Waals surface area (Å²) in [7, 11) is 3.29. The van der Waals surface area contributed by atoms with Gasteiger partial charge in [0.15, 0.2) is 11.5 Å². The number of hydrogen-bond acceptors (Lipinski definition) is 6. The van der Waals surface area contributed by atoms with Crippen molar-refractivity contribution < 1.29 is 13.9 Å². The van der Waals surface area contributed by atoms with Gasteiger partial charge in [-0.15, -0.1) is 0 Å². The van der Waals surface area contributed by atoms with Gasteiger partial charge in [0.25, 0.3) is 0 Å². The quantitative estimate of drug-likeness (QED) is 0.461. The molecule has 0 saturated carbocycles. The Labute approximate surface area is 175 Å². The second-order valence-electron chi connectivity index (χ2n) is 7.96. The number of fused-ring (bicyclic) bond motifs is 2. The molecule has 3 heterocycles. The third-order valence-electron chi connectivity index (χ3n) is 6.05. The van der Waals surface area contributed by atoms with Crippen LogP contribution in [0.25, 0.3) is 32.9 Å². The van der Waals surface area contributed by atoms with Crippen molar-refractivity contribution in [3.63, 3.8) is 0 Å². The highest BCUT2D eigenvalue weighted by atomic mass is 16.5. The predicted octanol–water partition coefficient (Wildman–Crippen LogP) is 5.30. The molecule has 4 aromatic rings. The summed E-state index contributed by atoms with van der Waals surface area (Å²) in [5.41, 5.74) is 2.70. The molecule has 0 aliphatic carbocycles. The number of hydrogen-bond donors (Lipinski definition) is 0. The molecule has 0 spiro atoms. The number of methoxy groups -OCH3 is 2. The van der Waals surface area contributed by atoms with Crippen molar-refractivity contribution in [2.45, 2.75) is 19.8 Å². The number of rotatable bonds is 4. The zero-order valence-electron chi connectivity index (χ0n) is 17.5. The van der Waals surface area contributed by atoms with Crippen molar-refractivity contribution in [3.8, 4) is 22.6 Å². The van der Waals surface area contributed by atoms with Gasteiger partial charge in [-0.25, -0.2) is 9.97 Å². The Bertz CT molecular complexity index is 1190. The summed E-state index contributed by atoms with van der Waals surface area (Å²) in [5, 5.41) is 3.09. The SMILES string of the molecule is COc1cc2cc3ccoc3c(-c3cnc(N4CCC(C)CC4)nc3)c2cc1OC. The number of aromatic nitrogens is 2. The predicted molar refractivity (Wildman–Crippen MR) is 118 cm³/mol. The molecule has 1 fully saturated rings. The first-order valence-electron chi connectivity index (χ1n) is 10.3. The molecular weight excluding hydrogens is 378 g/mol. The van der Waals surface area contributed by atoms with Crippen LogP contribution < -0.4 is 14.4 Å². The minimum Gasteiger partial charge on any atom is -0.493 e. The Hall–Kier alpha value is -3.28. The first-order chi connectivity index (χ1) is 14.7. The maximum atomic E-state index is 5.86. The van der Waals surface area contributed by atoms with Crippen LogP contribution in [0.15, 0.2) is 47.3 Å². The lowest BCUT2D eigenvalue weighted by molar-refractivity contribution is 0.356. The number of nitrogens with zero attached hydrogens (tertiary/aromatic N) is 3. The minimum atomic E-state index is 0.678. The molecule has 1 saturated heterocycles. The van der Waals surface area contributed by atoms with E-state index in [-0.39, 0.29) is 0 Å². The van der Waals surface area contributed by atoms with Crippen LogP contribution in [0.1, 0.15) is 19.8 Å². The highest BCUT2D eigenvalue weighted by Crippen LogP contribution is 2.41. The Morgan fingerprint density at radius 3 is 2.37 bits per heavy atom. The van der Waals surface area contributed by atoms with E-state index in [2.05, 4.69) is 17.9 Å². The summed E-state index contributed by atoms with van der Waals surface area (Å²) >= 11 is 0. The smallest absolute Gasteiger partial charge is 0.225 e. The first kappa shape index (κ1) is 18.7. The topological polar surface area (TPSA) is 60.6 Å². The van der Waals surface area contributed by atoms with Crippen LogP contribution in [0.4, 0.5) is 5.95 Å². The molecule has 2 aromatic heterocycles. The molecule has 154 valence electrons. The van der Waals surface area contributed by atoms with Gasteiger partial charge in [0.1, 0.15) is 5.58 Å². The Balaban J connectivity index is 1.64. The van der Waals surface area contributed by atoms with Crippen molar-refractivity contribution >= 4 is 27.7 Å². The maximum absolute atomic E-state index is 5.86. The summed E-state index contributed by atoms with van der Waals surface area (Å²) in [4.78, 5) is 11.7. The van der Waals surface area contributed by atoms with Gasteiger partial charge in [0, 0.05) is 42.0 Å². The molecule has 0 N–H and O–H groups in total. The molecule has 0 bridgehead atoms. The monoisotopic (exact) mass is 403 g/mol. The van der Waals surface area contributed by atoms with Gasteiger partial charge >= 0.3 is 0 Å². The van der Waals surface area contributed by atoms with Gasteiger partial charge in [-0.3, -0.25) is 0 Å². The van der Waals surface area contributed by atoms with Crippen LogP contribution in [0.5, 0.6) is 11.5 Å². The lowest BCUT2D eigenvalue weighted by atomic mass is 9.97. The van der Waals surface area contributed by atoms with E-state index in [1.807, 2.05) is 30.6 Å². The van der Waals surface area contributed by atoms with E-state index >= 15 is 0 Å². The van der Waals surface area contributed by atoms with Crippen LogP contribution in [-0.4, -0.2) is 37.3 Å². The maximum Gasteiger partial charge on any atom is 0.225 e. The summed E-state index contributed by atoms with van der Waals surface area (Å²) in [5.74, 6) is 2.94. The average molecular weight is 403 g/mol. The van der Waals surface area contributed by atoms with Gasteiger partial charge in [-0.2, -0.15) is 0 Å². The molecule has 6 nitrogen and oxygen atoms in total. The molecule has 30 heavy (non-hydrogen) atoms. The van der Waals surface area contributed by atoms with E-state index in [0.717, 1.165) is 57.8 Å². The molecule has 6 heteroatoms. The molecule has 0 atom stereocenters. The number of benzene rings is 2. The Morgan fingerprint density at radius 1 is 0.967 bits per heavy atom. The standard InChI is InChI=1S/C24H25N3O3/c1-15-4-7-27(8-5-15)24-25-13-18(14-26-24)22-19-12-21(29-3)20(28-2)11-17(19)10-16-6-9-30-23(16)22/h6,9-15H,4-5,7-8H2,1-3H3. The first-order valence-corrected chi connectivity index (χ1v) is 10.3. The number of ether oxygens (including phenoxy) is 2. The lowest BCUT2D eigenvalue weighted by Gasteiger charge is -2.30. The number of furan rings is 1. The third-order valence-corrected chi connectivity index (χ3v) is 6.05. The summed E-state index contributed by atoms with van der Waals surface area (Å²) in [6.45, 7) is 4.32. The van der Waals surface area contributed by atoms with E-state index in [4.69, 9.17) is 23.9 Å². The molecule has 2 aromatic carbocycles. The molecule has 0 amide bonds. The fourth-order valence-electron chi connectivity index (χ4n) is 4.27. The van der Waals surface area contributed by atoms with Crippen molar-refractivity contribution in [2.75, 3.05) is 32.2 Å². The van der Waals surface area contributed by atoms with Crippen LogP contribution in [0, 0.1) is 5.92 Å². The normalized spacial score (nSPS) is 15.1. The number of piperidine rings is 1. The van der Waals surface area contributed by atoms with Crippen LogP contribution >= 0.6 is 0 Å². The zero-order valence-corrected chi connectivity index (χ0v) is 17.5. The van der Waals surface area contributed by atoms with Gasteiger partial charge in [0.05, 0.1) is 20.5 Å². The molecular formula is C24H25N3O3. The van der Waals surface area contributed by atoms with Gasteiger partial charge < -0.3 is 18.8 Å². The zero-order chi connectivity index (χ0) is 20.7. The number of anilines is 1. The van der Waals surface area contributed by atoms with E-state index in [1.165, 1.54) is 12.8 Å². The second kappa shape index (κ2) is 7.52. The molecule has 5 rings (SSSR count). The fraction of sp³-hybridized carbons (Fsp3) is 0.333. The van der Waals surface area contributed by atoms with Gasteiger partial charge in [0.2, 0.25) is 5.95 Å². The van der Waals surface area contributed by atoms with Crippen LogP contribution in [0.2, 0.25) is 0 Å². The summed E-state index contributed by atoms with van der Waals surface area (Å²) in [6.07, 6.45) is 7.87. The lowest BCUT2D eigenvalue weighted by Crippen LogP contribution is -2.33. The molecule has 1 aliphatic heterocycles. The Morgan fingerprint density at radius 2 is 1.67 bits per heavy atom. The summed E-state index contributed by atoms with van der Waals surface area (Å²) < 4.78 is 16.9. The van der Waals surface area contributed by atoms with Crippen LogP contribution in [-0.2, 0) is 0 Å². The van der Waals surface area contributed by atoms with E-state index in [0.29, 0.717) is 11.5 Å². The largest absolute Gasteiger partial charge is 0.493 e. The van der Waals surface area contributed by atoms with Gasteiger partial charge in [-0.1, -0.05) is 6.92 Å². The Kier molecular flexibility index (Phi) is 4.69. The van der Waals surface area contributed by atoms with Crippen molar-refractivity contribution in [2.24, 2.45) is 5.92 Å². The molecule has 1 aliphatic rings. The van der Waals surface area contributed by atoms with Crippen LogP contribution in [0.3, 0.4) is 0 Å². The van der Waals surface area contributed by atoms with E-state index in [1.54, 1.807) is 20.5 Å². The third kappa shape index (κ3) is 3.12. The fourth-order valence-corrected chi connectivity index (χ4v) is 4.27. The van der Waals surface area contributed by atoms with Crippen molar-refractivity contribution in [3.05, 3.63) is 42.9 Å². The van der Waals surface area contributed by atoms with Gasteiger partial charge in [-0.05, 0) is 53.8 Å². The highest BCUT2D eigenvalue weighted by Gasteiger charge is 2.20. The average Bonchev–Trinajstić information content (AvgIpc) is 3.25. The van der Waals surface area contributed by atoms with E-state index in [9.17, 15) is 0 Å². The second-order valence-corrected chi connectivity index (χ2v) is 7.96. The highest BCUT2D eigenvalue weighted by molar-refractivity contribution is 6.11. The molecule has 0 unspecified atom stereocenters. The van der Waals surface area contributed by atoms with E-state index < -0.39 is 0 Å². The van der Waals surface area contributed by atoms with Crippen molar-refractivity contribution in [1.29, 1.82) is 0 Å². The molecule has 0 radical (unpaired) electrons. The van der Waals surface area contributed by atoms with Crippen molar-refractivity contribution in [1.82, 2.24) is 9.97 Å². The summed E-state index contributed by atoms with van der Waals surface area (Å²) in [6, 6.07) is 8.06.